The molecule has 1 atom stereocenters. The van der Waals surface area contributed by atoms with Crippen molar-refractivity contribution >= 4 is 34.9 Å². The molecule has 0 fully saturated rings. The largest absolute Gasteiger partial charge is 0.481 e. The Balaban J connectivity index is 1.75. The molecule has 0 saturated carbocycles. The number of hydrogen-bond donors (Lipinski definition) is 2. The lowest BCUT2D eigenvalue weighted by Crippen LogP contribution is -2.39. The van der Waals surface area contributed by atoms with E-state index in [4.69, 9.17) is 16.3 Å². The minimum Gasteiger partial charge on any atom is -0.481 e. The van der Waals surface area contributed by atoms with Gasteiger partial charge in [0.1, 0.15) is 5.75 Å². The van der Waals surface area contributed by atoms with Crippen LogP contribution in [-0.4, -0.2) is 29.5 Å². The van der Waals surface area contributed by atoms with Gasteiger partial charge in [-0.25, -0.2) is 4.79 Å². The number of carbonyl (C=O) groups excluding carboxylic acids is 2. The molecular weight excluding hydrogens is 378 g/mol. The second kappa shape index (κ2) is 8.52. The molecule has 2 aromatic rings. The highest BCUT2D eigenvalue weighted by Crippen LogP contribution is 2.29. The molecule has 1 unspecified atom stereocenters. The van der Waals surface area contributed by atoms with E-state index in [2.05, 4.69) is 24.5 Å². The summed E-state index contributed by atoms with van der Waals surface area (Å²) >= 11 is 5.94. The van der Waals surface area contributed by atoms with Crippen LogP contribution in [0.5, 0.6) is 5.75 Å². The van der Waals surface area contributed by atoms with Crippen LogP contribution in [0.2, 0.25) is 5.02 Å². The number of fused-ring (bicyclic) bond motifs is 1. The maximum atomic E-state index is 12.6. The van der Waals surface area contributed by atoms with E-state index in [1.807, 2.05) is 6.07 Å². The van der Waals surface area contributed by atoms with Gasteiger partial charge in [0.15, 0.2) is 6.10 Å². The van der Waals surface area contributed by atoms with Crippen molar-refractivity contribution in [3.05, 3.63) is 53.1 Å². The molecule has 6 nitrogen and oxygen atoms in total. The first kappa shape index (κ1) is 20.0. The second-order valence-corrected chi connectivity index (χ2v) is 7.72. The van der Waals surface area contributed by atoms with Crippen molar-refractivity contribution in [3.63, 3.8) is 0 Å². The molecule has 1 aliphatic rings. The molecule has 28 heavy (non-hydrogen) atoms. The molecule has 3 rings (SSSR count). The van der Waals surface area contributed by atoms with Crippen LogP contribution in [0.1, 0.15) is 26.3 Å². The zero-order valence-corrected chi connectivity index (χ0v) is 16.9. The number of halogens is 1. The molecule has 2 aromatic carbocycles. The van der Waals surface area contributed by atoms with E-state index in [0.717, 1.165) is 5.56 Å². The predicted molar refractivity (Wildman–Crippen MR) is 111 cm³/mol. The van der Waals surface area contributed by atoms with E-state index in [9.17, 15) is 9.59 Å². The van der Waals surface area contributed by atoms with Gasteiger partial charge in [0, 0.05) is 35.1 Å². The van der Waals surface area contributed by atoms with Crippen molar-refractivity contribution in [2.75, 3.05) is 17.2 Å². The van der Waals surface area contributed by atoms with Crippen molar-refractivity contribution in [2.24, 2.45) is 5.92 Å². The number of hydrogen-bond acceptors (Lipinski definition) is 3. The summed E-state index contributed by atoms with van der Waals surface area (Å²) in [4.78, 5) is 26.6. The topological polar surface area (TPSA) is 70.7 Å². The van der Waals surface area contributed by atoms with Gasteiger partial charge >= 0.3 is 6.03 Å². The van der Waals surface area contributed by atoms with Crippen molar-refractivity contribution in [2.45, 2.75) is 33.4 Å². The molecule has 3 amide bonds. The fourth-order valence-electron chi connectivity index (χ4n) is 3.13. The fourth-order valence-corrected chi connectivity index (χ4v) is 3.32. The highest BCUT2D eigenvalue weighted by molar-refractivity contribution is 6.30. The number of urea groups is 1. The number of nitrogens with zero attached hydrogens (tertiary/aromatic N) is 1. The van der Waals surface area contributed by atoms with Crippen molar-refractivity contribution in [3.8, 4) is 5.75 Å². The maximum absolute atomic E-state index is 12.6. The molecule has 0 spiro atoms. The SMILES string of the molecule is CC(C)CN1Cc2cc(NC(=O)Nc3cccc(Cl)c3)ccc2OC(C)C1=O. The summed E-state index contributed by atoms with van der Waals surface area (Å²) in [5, 5.41) is 6.09. The minimum atomic E-state index is -0.537. The van der Waals surface area contributed by atoms with Gasteiger partial charge in [0.05, 0.1) is 0 Å². The van der Waals surface area contributed by atoms with Crippen LogP contribution in [-0.2, 0) is 11.3 Å². The summed E-state index contributed by atoms with van der Waals surface area (Å²) in [5.74, 6) is 0.980. The Morgan fingerprint density at radius 1 is 1.21 bits per heavy atom. The van der Waals surface area contributed by atoms with Crippen LogP contribution in [0.3, 0.4) is 0 Å². The van der Waals surface area contributed by atoms with Crippen LogP contribution < -0.4 is 15.4 Å². The number of nitrogens with one attached hydrogen (secondary N) is 2. The summed E-state index contributed by atoms with van der Waals surface area (Å²) in [5.41, 5.74) is 2.08. The van der Waals surface area contributed by atoms with Crippen molar-refractivity contribution < 1.29 is 14.3 Å². The third-order valence-electron chi connectivity index (χ3n) is 4.31. The molecule has 0 aliphatic carbocycles. The lowest BCUT2D eigenvalue weighted by molar-refractivity contribution is -0.138. The van der Waals surface area contributed by atoms with Gasteiger partial charge in [-0.1, -0.05) is 31.5 Å². The van der Waals surface area contributed by atoms with Crippen LogP contribution in [0.4, 0.5) is 16.2 Å². The Morgan fingerprint density at radius 2 is 1.93 bits per heavy atom. The van der Waals surface area contributed by atoms with Crippen LogP contribution in [0.15, 0.2) is 42.5 Å². The van der Waals surface area contributed by atoms with E-state index >= 15 is 0 Å². The summed E-state index contributed by atoms with van der Waals surface area (Å²) in [6, 6.07) is 11.9. The lowest BCUT2D eigenvalue weighted by atomic mass is 10.1. The van der Waals surface area contributed by atoms with E-state index in [1.165, 1.54) is 0 Å². The molecule has 7 heteroatoms. The molecular formula is C21H24ClN3O3. The molecule has 1 aliphatic heterocycles. The standard InChI is InChI=1S/C21H24ClN3O3/c1-13(2)11-25-12-15-9-18(7-8-19(15)28-14(3)20(25)26)24-21(27)23-17-6-4-5-16(22)10-17/h4-10,13-14H,11-12H2,1-3H3,(H2,23,24,27). The lowest BCUT2D eigenvalue weighted by Gasteiger charge is -2.24. The molecule has 0 radical (unpaired) electrons. The highest BCUT2D eigenvalue weighted by atomic mass is 35.5. The second-order valence-electron chi connectivity index (χ2n) is 7.28. The van der Waals surface area contributed by atoms with E-state index < -0.39 is 6.10 Å². The van der Waals surface area contributed by atoms with Crippen molar-refractivity contribution in [1.82, 2.24) is 4.90 Å². The number of ether oxygens (including phenoxy) is 1. The molecule has 148 valence electrons. The highest BCUT2D eigenvalue weighted by Gasteiger charge is 2.28. The quantitative estimate of drug-likeness (QED) is 0.776. The molecule has 1 heterocycles. The maximum Gasteiger partial charge on any atom is 0.323 e. The summed E-state index contributed by atoms with van der Waals surface area (Å²) in [7, 11) is 0. The molecule has 0 bridgehead atoms. The molecule has 0 saturated heterocycles. The zero-order valence-electron chi connectivity index (χ0n) is 16.2. The first-order valence-electron chi connectivity index (χ1n) is 9.24. The van der Waals surface area contributed by atoms with Gasteiger partial charge in [-0.2, -0.15) is 0 Å². The van der Waals surface area contributed by atoms with Crippen LogP contribution in [0.25, 0.3) is 0 Å². The Morgan fingerprint density at radius 3 is 2.61 bits per heavy atom. The number of carbonyl (C=O) groups is 2. The van der Waals surface area contributed by atoms with E-state index in [-0.39, 0.29) is 11.9 Å². The van der Waals surface area contributed by atoms with E-state index in [0.29, 0.717) is 41.2 Å². The van der Waals surface area contributed by atoms with Crippen LogP contribution >= 0.6 is 11.6 Å². The first-order chi connectivity index (χ1) is 13.3. The predicted octanol–water partition coefficient (Wildman–Crippen LogP) is 4.75. The average Bonchev–Trinajstić information content (AvgIpc) is 2.72. The Kier molecular flexibility index (Phi) is 6.09. The summed E-state index contributed by atoms with van der Waals surface area (Å²) in [6.45, 7) is 7.00. The normalized spacial score (nSPS) is 16.2. The summed E-state index contributed by atoms with van der Waals surface area (Å²) in [6.07, 6.45) is -0.537. The third-order valence-corrected chi connectivity index (χ3v) is 4.55. The first-order valence-corrected chi connectivity index (χ1v) is 9.61. The minimum absolute atomic E-state index is 0.0295. The fraction of sp³-hybridized carbons (Fsp3) is 0.333. The average molecular weight is 402 g/mol. The number of rotatable bonds is 4. The van der Waals surface area contributed by atoms with Crippen LogP contribution in [0, 0.1) is 5.92 Å². The Hall–Kier alpha value is -2.73. The summed E-state index contributed by atoms with van der Waals surface area (Å²) < 4.78 is 5.82. The van der Waals surface area contributed by atoms with Gasteiger partial charge in [-0.3, -0.25) is 4.79 Å². The molecule has 0 aromatic heterocycles. The Bertz CT molecular complexity index is 885. The molecule has 2 N–H and O–H groups in total. The van der Waals surface area contributed by atoms with Crippen molar-refractivity contribution in [1.29, 1.82) is 0 Å². The number of anilines is 2. The smallest absolute Gasteiger partial charge is 0.323 e. The monoisotopic (exact) mass is 401 g/mol. The number of amides is 3. The number of benzene rings is 2. The van der Waals surface area contributed by atoms with Gasteiger partial charge in [-0.05, 0) is 49.2 Å². The Labute approximate surface area is 169 Å². The van der Waals surface area contributed by atoms with Gasteiger partial charge in [0.2, 0.25) is 0 Å². The third kappa shape index (κ3) is 4.95. The van der Waals surface area contributed by atoms with E-state index in [1.54, 1.807) is 48.2 Å². The van der Waals surface area contributed by atoms with Gasteiger partial charge in [-0.15, -0.1) is 0 Å². The zero-order chi connectivity index (χ0) is 20.3. The van der Waals surface area contributed by atoms with Gasteiger partial charge in [0.25, 0.3) is 5.91 Å². The van der Waals surface area contributed by atoms with Gasteiger partial charge < -0.3 is 20.3 Å².